The topological polar surface area (TPSA) is 50.7 Å². The highest BCUT2D eigenvalue weighted by atomic mass is 16.5. The van der Waals surface area contributed by atoms with Crippen LogP contribution in [-0.4, -0.2) is 30.5 Å². The van der Waals surface area contributed by atoms with Crippen molar-refractivity contribution in [3.63, 3.8) is 0 Å². The smallest absolute Gasteiger partial charge is 0.0948 e. The minimum absolute atomic E-state index is 0.235. The van der Waals surface area contributed by atoms with Crippen molar-refractivity contribution in [2.24, 2.45) is 0 Å². The molecule has 0 aromatic heterocycles. The van der Waals surface area contributed by atoms with Crippen molar-refractivity contribution in [1.29, 1.82) is 0 Å². The molecular formula is C29H31NO3. The Kier molecular flexibility index (Phi) is 8.62. The highest BCUT2D eigenvalue weighted by molar-refractivity contribution is 5.82. The van der Waals surface area contributed by atoms with Gasteiger partial charge >= 0.3 is 0 Å². The minimum atomic E-state index is -0.690. The predicted octanol–water partition coefficient (Wildman–Crippen LogP) is 5.09. The molecule has 0 fully saturated rings. The second-order valence-electron chi connectivity index (χ2n) is 8.24. The Morgan fingerprint density at radius 1 is 0.606 bits per heavy atom. The van der Waals surface area contributed by atoms with Crippen LogP contribution in [0.4, 0.5) is 0 Å². The molecule has 0 amide bonds. The molecule has 0 radical (unpaired) electrons. The molecule has 4 aromatic rings. The number of hydrogen-bond donors (Lipinski definition) is 2. The van der Waals surface area contributed by atoms with Crippen molar-refractivity contribution in [2.45, 2.75) is 31.9 Å². The number of nitrogens with one attached hydrogen (secondary N) is 1. The van der Waals surface area contributed by atoms with Crippen LogP contribution in [0.25, 0.3) is 10.8 Å². The van der Waals surface area contributed by atoms with Gasteiger partial charge in [0.25, 0.3) is 0 Å². The number of fused-ring (bicyclic) bond motifs is 1. The number of aliphatic hydroxyl groups excluding tert-OH is 1. The molecule has 4 nitrogen and oxygen atoms in total. The zero-order valence-corrected chi connectivity index (χ0v) is 18.8. The van der Waals surface area contributed by atoms with Crippen LogP contribution in [0.1, 0.15) is 16.7 Å². The lowest BCUT2D eigenvalue weighted by Gasteiger charge is -2.24. The lowest BCUT2D eigenvalue weighted by atomic mass is 10.1. The van der Waals surface area contributed by atoms with Gasteiger partial charge in [0.05, 0.1) is 38.6 Å². The summed E-state index contributed by atoms with van der Waals surface area (Å²) < 4.78 is 11.7. The summed E-state index contributed by atoms with van der Waals surface area (Å²) in [5, 5.41) is 16.8. The Labute approximate surface area is 195 Å². The van der Waals surface area contributed by atoms with Gasteiger partial charge < -0.3 is 19.9 Å². The molecule has 2 N–H and O–H groups in total. The summed E-state index contributed by atoms with van der Waals surface area (Å²) in [6.07, 6.45) is -0.690. The normalized spacial score (nSPS) is 13.1. The first-order chi connectivity index (χ1) is 16.3. The third kappa shape index (κ3) is 7.24. The van der Waals surface area contributed by atoms with Crippen LogP contribution in [0.5, 0.6) is 0 Å². The third-order valence-electron chi connectivity index (χ3n) is 5.66. The largest absolute Gasteiger partial charge is 0.389 e. The second-order valence-corrected chi connectivity index (χ2v) is 8.24. The van der Waals surface area contributed by atoms with E-state index in [-0.39, 0.29) is 12.6 Å². The SMILES string of the molecule is O[C@@H](COCc1ccccc1)[C@@H](COCc1ccccc1)NCc1ccc2ccccc2c1. The van der Waals surface area contributed by atoms with Gasteiger partial charge in [0.1, 0.15) is 0 Å². The first kappa shape index (κ1) is 23.1. The summed E-state index contributed by atoms with van der Waals surface area (Å²) in [5.41, 5.74) is 3.37. The summed E-state index contributed by atoms with van der Waals surface area (Å²) >= 11 is 0. The summed E-state index contributed by atoms with van der Waals surface area (Å²) in [7, 11) is 0. The standard InChI is InChI=1S/C29H31NO3/c31-29(22-33-20-24-11-5-2-6-12-24)28(21-32-19-23-9-3-1-4-10-23)30-18-25-15-16-26-13-7-8-14-27(26)17-25/h1-17,28-31H,18-22H2/t28-,29+/m1/s1. The zero-order chi connectivity index (χ0) is 22.7. The number of hydrogen-bond acceptors (Lipinski definition) is 4. The molecule has 170 valence electrons. The Hall–Kier alpha value is -3.02. The van der Waals surface area contributed by atoms with Crippen LogP contribution >= 0.6 is 0 Å². The van der Waals surface area contributed by atoms with Gasteiger partial charge in [0.2, 0.25) is 0 Å². The van der Waals surface area contributed by atoms with E-state index in [1.807, 2.05) is 72.8 Å². The lowest BCUT2D eigenvalue weighted by Crippen LogP contribution is -2.45. The van der Waals surface area contributed by atoms with Gasteiger partial charge in [-0.15, -0.1) is 0 Å². The summed E-state index contributed by atoms with van der Waals surface area (Å²) in [6.45, 7) is 2.24. The van der Waals surface area contributed by atoms with Crippen LogP contribution < -0.4 is 5.32 Å². The molecule has 0 aliphatic rings. The van der Waals surface area contributed by atoms with Gasteiger partial charge in [-0.1, -0.05) is 97.1 Å². The molecule has 0 saturated carbocycles. The highest BCUT2D eigenvalue weighted by Crippen LogP contribution is 2.16. The number of rotatable bonds is 12. The Morgan fingerprint density at radius 3 is 1.85 bits per heavy atom. The van der Waals surface area contributed by atoms with Crippen molar-refractivity contribution < 1.29 is 14.6 Å². The van der Waals surface area contributed by atoms with E-state index < -0.39 is 6.10 Å². The minimum Gasteiger partial charge on any atom is -0.389 e. The van der Waals surface area contributed by atoms with Gasteiger partial charge in [-0.05, 0) is 33.5 Å². The van der Waals surface area contributed by atoms with Gasteiger partial charge in [0.15, 0.2) is 0 Å². The molecule has 33 heavy (non-hydrogen) atoms. The molecule has 0 unspecified atom stereocenters. The van der Waals surface area contributed by atoms with Crippen LogP contribution in [0, 0.1) is 0 Å². The maximum atomic E-state index is 10.9. The molecule has 4 aromatic carbocycles. The first-order valence-corrected chi connectivity index (χ1v) is 11.4. The van der Waals surface area contributed by atoms with Crippen LogP contribution in [0.15, 0.2) is 103 Å². The van der Waals surface area contributed by atoms with Gasteiger partial charge in [-0.25, -0.2) is 0 Å². The first-order valence-electron chi connectivity index (χ1n) is 11.4. The van der Waals surface area contributed by atoms with E-state index in [1.165, 1.54) is 16.3 Å². The molecule has 2 atom stereocenters. The monoisotopic (exact) mass is 441 g/mol. The average molecular weight is 442 g/mol. The fourth-order valence-corrected chi connectivity index (χ4v) is 3.77. The van der Waals surface area contributed by atoms with E-state index in [2.05, 4.69) is 35.6 Å². The van der Waals surface area contributed by atoms with Crippen molar-refractivity contribution in [2.75, 3.05) is 13.2 Å². The summed E-state index contributed by atoms with van der Waals surface area (Å²) in [6, 6.07) is 34.6. The Bertz CT molecular complexity index is 1100. The average Bonchev–Trinajstić information content (AvgIpc) is 2.87. The fourth-order valence-electron chi connectivity index (χ4n) is 3.77. The fraction of sp³-hybridized carbons (Fsp3) is 0.241. The molecule has 0 aliphatic carbocycles. The zero-order valence-electron chi connectivity index (χ0n) is 18.8. The van der Waals surface area contributed by atoms with E-state index >= 15 is 0 Å². The quantitative estimate of drug-likeness (QED) is 0.321. The molecule has 0 heterocycles. The highest BCUT2D eigenvalue weighted by Gasteiger charge is 2.20. The van der Waals surface area contributed by atoms with Gasteiger partial charge in [-0.3, -0.25) is 0 Å². The van der Waals surface area contributed by atoms with E-state index in [1.54, 1.807) is 0 Å². The lowest BCUT2D eigenvalue weighted by molar-refractivity contribution is -0.0168. The maximum Gasteiger partial charge on any atom is 0.0948 e. The maximum absolute atomic E-state index is 10.9. The van der Waals surface area contributed by atoms with Crippen molar-refractivity contribution in [3.05, 3.63) is 120 Å². The van der Waals surface area contributed by atoms with Crippen molar-refractivity contribution in [1.82, 2.24) is 5.32 Å². The van der Waals surface area contributed by atoms with E-state index in [0.29, 0.717) is 26.4 Å². The summed E-state index contributed by atoms with van der Waals surface area (Å²) in [4.78, 5) is 0. The Morgan fingerprint density at radius 2 is 1.18 bits per heavy atom. The van der Waals surface area contributed by atoms with Crippen LogP contribution in [-0.2, 0) is 29.2 Å². The van der Waals surface area contributed by atoms with Crippen LogP contribution in [0.3, 0.4) is 0 Å². The van der Waals surface area contributed by atoms with Crippen LogP contribution in [0.2, 0.25) is 0 Å². The summed E-state index contributed by atoms with van der Waals surface area (Å²) in [5.74, 6) is 0. The van der Waals surface area contributed by atoms with Crippen molar-refractivity contribution in [3.8, 4) is 0 Å². The molecule has 0 saturated heterocycles. The predicted molar refractivity (Wildman–Crippen MR) is 133 cm³/mol. The molecule has 0 spiro atoms. The van der Waals surface area contributed by atoms with E-state index in [4.69, 9.17) is 9.47 Å². The van der Waals surface area contributed by atoms with Gasteiger partial charge in [0, 0.05) is 6.54 Å². The number of aliphatic hydroxyl groups is 1. The third-order valence-corrected chi connectivity index (χ3v) is 5.66. The number of benzene rings is 4. The van der Waals surface area contributed by atoms with Gasteiger partial charge in [-0.2, -0.15) is 0 Å². The van der Waals surface area contributed by atoms with E-state index in [9.17, 15) is 5.11 Å². The number of ether oxygens (including phenoxy) is 2. The molecule has 0 bridgehead atoms. The van der Waals surface area contributed by atoms with E-state index in [0.717, 1.165) is 11.1 Å². The molecule has 0 aliphatic heterocycles. The molecule has 4 rings (SSSR count). The molecule has 4 heteroatoms. The molecular weight excluding hydrogens is 410 g/mol. The second kappa shape index (κ2) is 12.3. The van der Waals surface area contributed by atoms with Crippen molar-refractivity contribution >= 4 is 10.8 Å². The Balaban J connectivity index is 1.34.